The molecule has 0 saturated heterocycles. The van der Waals surface area contributed by atoms with Gasteiger partial charge in [-0.05, 0) is 99.6 Å². The number of aliphatic carboxylic acids is 2. The van der Waals surface area contributed by atoms with Crippen molar-refractivity contribution in [2.45, 2.75) is 206 Å². The van der Waals surface area contributed by atoms with Crippen LogP contribution in [0.15, 0.2) is 48.6 Å². The Kier molecular flexibility index (Phi) is 26.4. The molecule has 0 aromatic rings. The molecule has 330 valence electrons. The standard InChI is InChI=1S/C27H50O4Si.C20H34O5/c1-8-9-12-15-22(31-32(6,7)27(3,4)5)18-19-23-21(2)20-25(28)24(23)16-13-10-11-14-17-26(29)30;1-2-3-6-9-15(21)12-13-17-16(18(22)14-19(17)23)10-7-4-5-8-11-20(24)25/h10,13,18-19,21-25,28H,8-9,11-12,14-17,20H2,1-7H3,(H,29,30);4,7,12-13,15-19,21-23H,2-3,5-6,8-11,14H2,1H3,(H,24,25)/b13-10-,19-18+;7-4-,13-12+/t21-,22+,23+,24-,25+;15-,16+,17+,18-,19+/m10/s1. The molecule has 9 nitrogen and oxygen atoms in total. The predicted octanol–water partition coefficient (Wildman–Crippen LogP) is 10.4. The van der Waals surface area contributed by atoms with Crippen LogP contribution < -0.4 is 0 Å². The molecule has 0 unspecified atom stereocenters. The first kappa shape index (κ1) is 52.9. The summed E-state index contributed by atoms with van der Waals surface area (Å²) in [7, 11) is -1.85. The van der Waals surface area contributed by atoms with Gasteiger partial charge in [0.1, 0.15) is 0 Å². The number of rotatable bonds is 26. The van der Waals surface area contributed by atoms with E-state index in [1.165, 1.54) is 19.3 Å². The summed E-state index contributed by atoms with van der Waals surface area (Å²) in [6.45, 7) is 18.1. The van der Waals surface area contributed by atoms with Gasteiger partial charge in [0.2, 0.25) is 0 Å². The minimum Gasteiger partial charge on any atom is -0.481 e. The molecule has 0 aliphatic heterocycles. The molecule has 2 aliphatic carbocycles. The molecule has 2 rings (SSSR count). The van der Waals surface area contributed by atoms with Crippen molar-refractivity contribution in [3.05, 3.63) is 48.6 Å². The van der Waals surface area contributed by atoms with Crippen LogP contribution in [0.4, 0.5) is 0 Å². The summed E-state index contributed by atoms with van der Waals surface area (Å²) >= 11 is 0. The fourth-order valence-electron chi connectivity index (χ4n) is 7.78. The molecule has 10 atom stereocenters. The molecule has 0 aromatic heterocycles. The fourth-order valence-corrected chi connectivity index (χ4v) is 9.09. The highest BCUT2D eigenvalue weighted by Gasteiger charge is 2.41. The van der Waals surface area contributed by atoms with Crippen LogP contribution in [0.2, 0.25) is 18.1 Å². The van der Waals surface area contributed by atoms with Gasteiger partial charge < -0.3 is 35.1 Å². The summed E-state index contributed by atoms with van der Waals surface area (Å²) in [6.07, 6.45) is 29.1. The van der Waals surface area contributed by atoms with Crippen molar-refractivity contribution in [1.82, 2.24) is 0 Å². The minimum absolute atomic E-state index is 0.0650. The normalized spacial score (nSPS) is 26.8. The third kappa shape index (κ3) is 21.7. The van der Waals surface area contributed by atoms with Gasteiger partial charge >= 0.3 is 11.9 Å². The zero-order valence-electron chi connectivity index (χ0n) is 37.0. The number of carbonyl (C=O) groups is 2. The first-order valence-corrected chi connectivity index (χ1v) is 25.3. The van der Waals surface area contributed by atoms with E-state index in [-0.39, 0.29) is 47.8 Å². The maximum absolute atomic E-state index is 10.7. The molecule has 0 amide bonds. The van der Waals surface area contributed by atoms with Gasteiger partial charge in [-0.15, -0.1) is 0 Å². The fraction of sp³-hybridized carbons (Fsp3) is 0.787. The van der Waals surface area contributed by atoms with Crippen LogP contribution in [-0.4, -0.2) is 81.4 Å². The SMILES string of the molecule is CCCCC[C@@H](/C=C/[C@@H]1[C@@H](C/C=C\CCCC(=O)O)[C@@H](O)C[C@H]1C)O[Si](C)(C)C(C)(C)C.CCCCC[C@H](O)/C=C/[C@@H]1[C@@H](C/C=C\CCCC(=O)O)[C@@H](O)C[C@H]1O. The predicted molar refractivity (Wildman–Crippen MR) is 236 cm³/mol. The van der Waals surface area contributed by atoms with Gasteiger partial charge in [0, 0.05) is 25.2 Å². The number of hydrogen-bond donors (Lipinski definition) is 6. The monoisotopic (exact) mass is 821 g/mol. The van der Waals surface area contributed by atoms with Crippen molar-refractivity contribution in [3.63, 3.8) is 0 Å². The molecule has 2 saturated carbocycles. The van der Waals surface area contributed by atoms with Crippen molar-refractivity contribution in [2.24, 2.45) is 29.6 Å². The van der Waals surface area contributed by atoms with Gasteiger partial charge in [-0.25, -0.2) is 0 Å². The van der Waals surface area contributed by atoms with Crippen molar-refractivity contribution >= 4 is 20.3 Å². The lowest BCUT2D eigenvalue weighted by molar-refractivity contribution is -0.138. The molecule has 6 N–H and O–H groups in total. The van der Waals surface area contributed by atoms with E-state index in [9.17, 15) is 30.0 Å². The molecular weight excluding hydrogens is 737 g/mol. The van der Waals surface area contributed by atoms with Gasteiger partial charge in [-0.2, -0.15) is 0 Å². The Balaban J connectivity index is 0.000000587. The average Bonchev–Trinajstić information content (AvgIpc) is 3.55. The van der Waals surface area contributed by atoms with Crippen LogP contribution in [-0.2, 0) is 14.0 Å². The maximum atomic E-state index is 10.7. The van der Waals surface area contributed by atoms with E-state index in [1.54, 1.807) is 6.08 Å². The summed E-state index contributed by atoms with van der Waals surface area (Å²) in [4.78, 5) is 21.1. The zero-order chi connectivity index (χ0) is 43.0. The van der Waals surface area contributed by atoms with Crippen LogP contribution >= 0.6 is 0 Å². The molecule has 2 aliphatic rings. The maximum Gasteiger partial charge on any atom is 0.303 e. The number of unbranched alkanes of at least 4 members (excludes halogenated alkanes) is 6. The van der Waals surface area contributed by atoms with Crippen LogP contribution in [0, 0.1) is 29.6 Å². The van der Waals surface area contributed by atoms with E-state index >= 15 is 0 Å². The largest absolute Gasteiger partial charge is 0.481 e. The third-order valence-electron chi connectivity index (χ3n) is 12.4. The van der Waals surface area contributed by atoms with E-state index in [1.807, 2.05) is 18.2 Å². The van der Waals surface area contributed by atoms with Crippen molar-refractivity contribution in [3.8, 4) is 0 Å². The van der Waals surface area contributed by atoms with Crippen LogP contribution in [0.25, 0.3) is 0 Å². The molecule has 0 bridgehead atoms. The van der Waals surface area contributed by atoms with Gasteiger partial charge in [0.05, 0.1) is 30.5 Å². The lowest BCUT2D eigenvalue weighted by Crippen LogP contribution is -2.43. The zero-order valence-corrected chi connectivity index (χ0v) is 38.0. The Hall–Kier alpha value is -2.08. The molecule has 57 heavy (non-hydrogen) atoms. The molecule has 10 heteroatoms. The Morgan fingerprint density at radius 1 is 0.702 bits per heavy atom. The molecule has 0 radical (unpaired) electrons. The summed E-state index contributed by atoms with van der Waals surface area (Å²) < 4.78 is 6.78. The number of hydrogen-bond acceptors (Lipinski definition) is 7. The topological polar surface area (TPSA) is 165 Å². The highest BCUT2D eigenvalue weighted by Crippen LogP contribution is 2.42. The van der Waals surface area contributed by atoms with E-state index in [0.29, 0.717) is 43.9 Å². The first-order chi connectivity index (χ1) is 26.8. The molecule has 0 aromatic carbocycles. The van der Waals surface area contributed by atoms with Gasteiger partial charge in [-0.3, -0.25) is 9.59 Å². The number of aliphatic hydroxyl groups is 4. The smallest absolute Gasteiger partial charge is 0.303 e. The first-order valence-electron chi connectivity index (χ1n) is 22.3. The lowest BCUT2D eigenvalue weighted by Gasteiger charge is -2.39. The van der Waals surface area contributed by atoms with Crippen LogP contribution in [0.1, 0.15) is 157 Å². The Bertz CT molecular complexity index is 1220. The Morgan fingerprint density at radius 3 is 1.70 bits per heavy atom. The molecule has 0 spiro atoms. The molecule has 2 fully saturated rings. The Morgan fingerprint density at radius 2 is 1.19 bits per heavy atom. The second kappa shape index (κ2) is 28.4. The van der Waals surface area contributed by atoms with E-state index in [4.69, 9.17) is 14.6 Å². The molecule has 0 heterocycles. The number of aliphatic hydroxyl groups excluding tert-OH is 4. The summed E-state index contributed by atoms with van der Waals surface area (Å²) in [5.74, 6) is -0.714. The van der Waals surface area contributed by atoms with Gasteiger partial charge in [-0.1, -0.05) is 129 Å². The number of carboxylic acid groups (broad SMARTS) is 2. The second-order valence-corrected chi connectivity index (χ2v) is 23.1. The highest BCUT2D eigenvalue weighted by atomic mass is 28.4. The summed E-state index contributed by atoms with van der Waals surface area (Å²) in [6, 6.07) is 0. The highest BCUT2D eigenvalue weighted by molar-refractivity contribution is 6.74. The van der Waals surface area contributed by atoms with Gasteiger partial charge in [0.25, 0.3) is 0 Å². The van der Waals surface area contributed by atoms with Gasteiger partial charge in [0.15, 0.2) is 8.32 Å². The van der Waals surface area contributed by atoms with E-state index in [0.717, 1.165) is 51.4 Å². The quantitative estimate of drug-likeness (QED) is 0.0283. The lowest BCUT2D eigenvalue weighted by atomic mass is 9.86. The summed E-state index contributed by atoms with van der Waals surface area (Å²) in [5.41, 5.74) is 0. The Labute approximate surface area is 347 Å². The summed E-state index contributed by atoms with van der Waals surface area (Å²) in [5, 5.41) is 58.6. The number of allylic oxidation sites excluding steroid dienone is 5. The van der Waals surface area contributed by atoms with Crippen LogP contribution in [0.5, 0.6) is 0 Å². The third-order valence-corrected chi connectivity index (χ3v) is 16.9. The number of carboxylic acids is 2. The van der Waals surface area contributed by atoms with Crippen molar-refractivity contribution in [2.75, 3.05) is 0 Å². The minimum atomic E-state index is -1.85. The van der Waals surface area contributed by atoms with Crippen LogP contribution in [0.3, 0.4) is 0 Å². The second-order valence-electron chi connectivity index (χ2n) is 18.4. The van der Waals surface area contributed by atoms with Crippen molar-refractivity contribution < 1.29 is 44.7 Å². The molecular formula is C47H84O9Si. The van der Waals surface area contributed by atoms with E-state index < -0.39 is 38.6 Å². The van der Waals surface area contributed by atoms with Crippen molar-refractivity contribution in [1.29, 1.82) is 0 Å². The average molecular weight is 821 g/mol. The van der Waals surface area contributed by atoms with E-state index in [2.05, 4.69) is 78.9 Å².